The summed E-state index contributed by atoms with van der Waals surface area (Å²) in [7, 11) is -3.43. The Morgan fingerprint density at radius 2 is 1.59 bits per heavy atom. The highest BCUT2D eigenvalue weighted by atomic mass is 32.2. The Hall–Kier alpha value is -2.97. The molecule has 0 fully saturated rings. The molecule has 0 bridgehead atoms. The molecule has 3 rings (SSSR count). The summed E-state index contributed by atoms with van der Waals surface area (Å²) in [6.45, 7) is 0. The minimum atomic E-state index is -3.43. The molecule has 8 heteroatoms. The van der Waals surface area contributed by atoms with Crippen molar-refractivity contribution in [1.82, 2.24) is 0 Å². The van der Waals surface area contributed by atoms with Crippen molar-refractivity contribution in [2.24, 2.45) is 5.73 Å². The Balaban J connectivity index is 1.65. The van der Waals surface area contributed by atoms with Crippen LogP contribution in [0.2, 0.25) is 0 Å². The van der Waals surface area contributed by atoms with Gasteiger partial charge in [-0.1, -0.05) is 48.5 Å². The summed E-state index contributed by atoms with van der Waals surface area (Å²) >= 11 is 1.25. The summed E-state index contributed by atoms with van der Waals surface area (Å²) in [6.07, 6.45) is 0.189. The summed E-state index contributed by atoms with van der Waals surface area (Å²) in [5.74, 6) is -1.13. The summed E-state index contributed by atoms with van der Waals surface area (Å²) in [5.41, 5.74) is 6.59. The number of nitrogens with one attached hydrogen (secondary N) is 1. The zero-order valence-electron chi connectivity index (χ0n) is 15.5. The van der Waals surface area contributed by atoms with Gasteiger partial charge in [-0.2, -0.15) is 0 Å². The van der Waals surface area contributed by atoms with E-state index in [2.05, 4.69) is 5.32 Å². The number of amides is 2. The maximum atomic E-state index is 12.3. The summed E-state index contributed by atoms with van der Waals surface area (Å²) < 4.78 is 24.6. The third-order valence-corrected chi connectivity index (χ3v) is 7.14. The lowest BCUT2D eigenvalue weighted by Crippen LogP contribution is -2.17. The second kappa shape index (κ2) is 9.02. The molecule has 29 heavy (non-hydrogen) atoms. The van der Waals surface area contributed by atoms with Gasteiger partial charge >= 0.3 is 0 Å². The zero-order chi connectivity index (χ0) is 20.9. The van der Waals surface area contributed by atoms with Gasteiger partial charge in [-0.15, -0.1) is 11.3 Å². The lowest BCUT2D eigenvalue weighted by molar-refractivity contribution is -0.116. The number of benzene rings is 2. The van der Waals surface area contributed by atoms with E-state index in [0.29, 0.717) is 5.00 Å². The van der Waals surface area contributed by atoms with Crippen LogP contribution in [0.5, 0.6) is 0 Å². The minimum Gasteiger partial charge on any atom is -0.366 e. The normalized spacial score (nSPS) is 11.2. The van der Waals surface area contributed by atoms with Crippen molar-refractivity contribution in [3.8, 4) is 10.4 Å². The Morgan fingerprint density at radius 1 is 0.966 bits per heavy atom. The minimum absolute atomic E-state index is 0.0167. The number of anilines is 1. The highest BCUT2D eigenvalue weighted by Crippen LogP contribution is 2.35. The molecule has 0 aliphatic carbocycles. The van der Waals surface area contributed by atoms with Gasteiger partial charge in [-0.3, -0.25) is 9.59 Å². The van der Waals surface area contributed by atoms with Crippen LogP contribution in [0.4, 0.5) is 5.00 Å². The van der Waals surface area contributed by atoms with E-state index in [4.69, 9.17) is 5.73 Å². The van der Waals surface area contributed by atoms with Gasteiger partial charge in [0.1, 0.15) is 5.00 Å². The fourth-order valence-corrected chi connectivity index (χ4v) is 5.19. The molecule has 3 N–H and O–H groups in total. The molecule has 6 nitrogen and oxygen atoms in total. The van der Waals surface area contributed by atoms with Gasteiger partial charge in [0.25, 0.3) is 5.91 Å². The Morgan fingerprint density at radius 3 is 2.21 bits per heavy atom. The average molecular weight is 429 g/mol. The number of thiophene rings is 1. The van der Waals surface area contributed by atoms with Crippen molar-refractivity contribution < 1.29 is 18.0 Å². The number of hydrogen-bond acceptors (Lipinski definition) is 5. The number of nitrogens with two attached hydrogens (primary N) is 1. The lowest BCUT2D eigenvalue weighted by Gasteiger charge is -2.06. The molecule has 1 heterocycles. The van der Waals surface area contributed by atoms with Crippen molar-refractivity contribution in [2.75, 3.05) is 11.1 Å². The van der Waals surface area contributed by atoms with Crippen LogP contribution in [-0.2, 0) is 14.6 Å². The number of primary amides is 1. The average Bonchev–Trinajstić information content (AvgIpc) is 3.13. The summed E-state index contributed by atoms with van der Waals surface area (Å²) in [4.78, 5) is 25.1. The van der Waals surface area contributed by atoms with Gasteiger partial charge in [0.05, 0.1) is 16.2 Å². The van der Waals surface area contributed by atoms with E-state index in [0.717, 1.165) is 10.4 Å². The SMILES string of the molecule is NC(=O)c1cc(-c2ccccc2)sc1NC(=O)CCCS(=O)(=O)c1ccccc1. The molecular formula is C21H20N2O4S2. The molecule has 0 saturated carbocycles. The molecule has 150 valence electrons. The number of hydrogen-bond donors (Lipinski definition) is 2. The number of rotatable bonds is 8. The maximum Gasteiger partial charge on any atom is 0.251 e. The number of sulfone groups is 1. The van der Waals surface area contributed by atoms with Crippen LogP contribution in [0.1, 0.15) is 23.2 Å². The van der Waals surface area contributed by atoms with Gasteiger partial charge in [0.2, 0.25) is 5.91 Å². The lowest BCUT2D eigenvalue weighted by atomic mass is 10.1. The third kappa shape index (κ3) is 5.30. The molecule has 0 unspecified atom stereocenters. The number of carbonyl (C=O) groups excluding carboxylic acids is 2. The van der Waals surface area contributed by atoms with Crippen molar-refractivity contribution in [2.45, 2.75) is 17.7 Å². The van der Waals surface area contributed by atoms with Gasteiger partial charge < -0.3 is 11.1 Å². The molecule has 0 aliphatic rings. The molecule has 0 radical (unpaired) electrons. The molecule has 2 aromatic carbocycles. The first kappa shape index (κ1) is 20.8. The molecular weight excluding hydrogens is 408 g/mol. The van der Waals surface area contributed by atoms with E-state index in [-0.39, 0.29) is 35.0 Å². The summed E-state index contributed by atoms with van der Waals surface area (Å²) in [5, 5.41) is 3.06. The van der Waals surface area contributed by atoms with Crippen molar-refractivity contribution in [3.63, 3.8) is 0 Å². The molecule has 0 spiro atoms. The first-order valence-electron chi connectivity index (χ1n) is 8.93. The van der Waals surface area contributed by atoms with Crippen molar-refractivity contribution in [1.29, 1.82) is 0 Å². The summed E-state index contributed by atoms with van der Waals surface area (Å²) in [6, 6.07) is 19.2. The quantitative estimate of drug-likeness (QED) is 0.570. The molecule has 0 saturated heterocycles. The fourth-order valence-electron chi connectivity index (χ4n) is 2.77. The van der Waals surface area contributed by atoms with Crippen LogP contribution in [-0.4, -0.2) is 26.0 Å². The van der Waals surface area contributed by atoms with Gasteiger partial charge in [0, 0.05) is 11.3 Å². The monoisotopic (exact) mass is 428 g/mol. The molecule has 0 atom stereocenters. The topological polar surface area (TPSA) is 106 Å². The van der Waals surface area contributed by atoms with Crippen LogP contribution in [0.25, 0.3) is 10.4 Å². The maximum absolute atomic E-state index is 12.3. The molecule has 2 amide bonds. The molecule has 3 aromatic rings. The highest BCUT2D eigenvalue weighted by molar-refractivity contribution is 7.91. The van der Waals surface area contributed by atoms with E-state index < -0.39 is 15.7 Å². The van der Waals surface area contributed by atoms with Crippen LogP contribution < -0.4 is 11.1 Å². The Kier molecular flexibility index (Phi) is 6.46. The largest absolute Gasteiger partial charge is 0.366 e. The zero-order valence-corrected chi connectivity index (χ0v) is 17.1. The first-order chi connectivity index (χ1) is 13.9. The second-order valence-electron chi connectivity index (χ2n) is 6.37. The molecule has 0 aliphatic heterocycles. The van der Waals surface area contributed by atoms with E-state index in [1.807, 2.05) is 30.3 Å². The fraction of sp³-hybridized carbons (Fsp3) is 0.143. The van der Waals surface area contributed by atoms with Gasteiger partial charge in [-0.25, -0.2) is 8.42 Å². The van der Waals surface area contributed by atoms with Gasteiger partial charge in [0.15, 0.2) is 9.84 Å². The third-order valence-electron chi connectivity index (χ3n) is 4.23. The highest BCUT2D eigenvalue weighted by Gasteiger charge is 2.18. The van der Waals surface area contributed by atoms with Crippen molar-refractivity contribution >= 4 is 38.0 Å². The van der Waals surface area contributed by atoms with E-state index in [1.165, 1.54) is 23.5 Å². The van der Waals surface area contributed by atoms with Crippen LogP contribution in [0.3, 0.4) is 0 Å². The van der Waals surface area contributed by atoms with Crippen LogP contribution >= 0.6 is 11.3 Å². The second-order valence-corrected chi connectivity index (χ2v) is 9.53. The standard InChI is InChI=1S/C21H20N2O4S2/c22-20(25)17-14-18(15-8-3-1-4-9-15)28-21(17)23-19(24)12-7-13-29(26,27)16-10-5-2-6-11-16/h1-6,8-11,14H,7,12-13H2,(H2,22,25)(H,23,24). The van der Waals surface area contributed by atoms with Gasteiger partial charge in [-0.05, 0) is 30.2 Å². The van der Waals surface area contributed by atoms with Crippen LogP contribution in [0, 0.1) is 0 Å². The van der Waals surface area contributed by atoms with E-state index in [9.17, 15) is 18.0 Å². The first-order valence-corrected chi connectivity index (χ1v) is 11.4. The van der Waals surface area contributed by atoms with E-state index in [1.54, 1.807) is 24.3 Å². The molecule has 1 aromatic heterocycles. The van der Waals surface area contributed by atoms with Crippen LogP contribution in [0.15, 0.2) is 71.6 Å². The Labute approximate surface area is 173 Å². The number of carbonyl (C=O) groups is 2. The predicted molar refractivity (Wildman–Crippen MR) is 115 cm³/mol. The smallest absolute Gasteiger partial charge is 0.251 e. The predicted octanol–water partition coefficient (Wildman–Crippen LogP) is 3.71. The van der Waals surface area contributed by atoms with E-state index >= 15 is 0 Å². The Bertz CT molecular complexity index is 1110. The van der Waals surface area contributed by atoms with Crippen molar-refractivity contribution in [3.05, 3.63) is 72.3 Å².